The monoisotopic (exact) mass is 539 g/mol. The highest BCUT2D eigenvalue weighted by molar-refractivity contribution is 6.33. The standard InChI is InChI=1S/C27H31Cl2N7O/c1-34(2)21-9-12-35(13-10-21)22-6-4-20(5-7-22)31-27(37)24-16-25-26(33-32-24)30-11-14-36(25)17-18-15-19(28)3-8-23(18)29/h3-8,15-16,21H,9-14,17H2,1-2H3,(H,30,33)(H,31,37). The molecule has 2 aliphatic heterocycles. The van der Waals surface area contributed by atoms with Gasteiger partial charge >= 0.3 is 0 Å². The summed E-state index contributed by atoms with van der Waals surface area (Å²) in [5, 5.41) is 15.9. The van der Waals surface area contributed by atoms with Crippen LogP contribution in [0.2, 0.25) is 10.0 Å². The van der Waals surface area contributed by atoms with Gasteiger partial charge in [-0.2, -0.15) is 0 Å². The zero-order chi connectivity index (χ0) is 25.9. The van der Waals surface area contributed by atoms with E-state index in [1.807, 2.05) is 18.2 Å². The second-order valence-electron chi connectivity index (χ2n) is 9.73. The van der Waals surface area contributed by atoms with Crippen molar-refractivity contribution in [1.29, 1.82) is 0 Å². The molecule has 2 aliphatic rings. The second kappa shape index (κ2) is 11.1. The molecule has 1 fully saturated rings. The number of carbonyl (C=O) groups is 1. The maximum absolute atomic E-state index is 13.0. The fraction of sp³-hybridized carbons (Fsp3) is 0.370. The zero-order valence-corrected chi connectivity index (χ0v) is 22.6. The molecule has 194 valence electrons. The van der Waals surface area contributed by atoms with Crippen LogP contribution in [-0.2, 0) is 6.54 Å². The van der Waals surface area contributed by atoms with Gasteiger partial charge in [0.2, 0.25) is 0 Å². The van der Waals surface area contributed by atoms with E-state index in [9.17, 15) is 4.79 Å². The summed E-state index contributed by atoms with van der Waals surface area (Å²) in [4.78, 5) is 19.9. The van der Waals surface area contributed by atoms with E-state index >= 15 is 0 Å². The molecule has 0 saturated carbocycles. The van der Waals surface area contributed by atoms with Crippen LogP contribution in [0.15, 0.2) is 48.5 Å². The molecule has 0 radical (unpaired) electrons. The van der Waals surface area contributed by atoms with Crippen LogP contribution in [0.4, 0.5) is 22.9 Å². The summed E-state index contributed by atoms with van der Waals surface area (Å²) in [6.45, 7) is 4.06. The lowest BCUT2D eigenvalue weighted by Gasteiger charge is -2.36. The number of carbonyl (C=O) groups excluding carboxylic acids is 1. The van der Waals surface area contributed by atoms with Gasteiger partial charge in [0.15, 0.2) is 11.5 Å². The second-order valence-corrected chi connectivity index (χ2v) is 10.6. The Bertz CT molecular complexity index is 1260. The SMILES string of the molecule is CN(C)C1CCN(c2ccc(NC(=O)c3cc4c(nn3)NCCN4Cc3cc(Cl)ccc3Cl)cc2)CC1. The van der Waals surface area contributed by atoms with Gasteiger partial charge in [0.25, 0.3) is 5.91 Å². The number of aromatic nitrogens is 2. The first-order chi connectivity index (χ1) is 17.9. The van der Waals surface area contributed by atoms with Crippen LogP contribution in [0.3, 0.4) is 0 Å². The van der Waals surface area contributed by atoms with Crippen LogP contribution in [-0.4, -0.2) is 67.3 Å². The molecule has 3 heterocycles. The van der Waals surface area contributed by atoms with Gasteiger partial charge < -0.3 is 25.3 Å². The smallest absolute Gasteiger partial charge is 0.276 e. The fourth-order valence-electron chi connectivity index (χ4n) is 4.91. The first kappa shape index (κ1) is 25.6. The van der Waals surface area contributed by atoms with Crippen molar-refractivity contribution in [2.75, 3.05) is 60.7 Å². The average Bonchev–Trinajstić information content (AvgIpc) is 2.91. The van der Waals surface area contributed by atoms with Crippen LogP contribution in [0.5, 0.6) is 0 Å². The summed E-state index contributed by atoms with van der Waals surface area (Å²) in [5.41, 5.74) is 3.86. The van der Waals surface area contributed by atoms with Gasteiger partial charge in [-0.1, -0.05) is 23.2 Å². The quantitative estimate of drug-likeness (QED) is 0.456. The number of amides is 1. The van der Waals surface area contributed by atoms with Crippen molar-refractivity contribution in [3.63, 3.8) is 0 Å². The lowest BCUT2D eigenvalue weighted by Crippen LogP contribution is -2.41. The molecule has 37 heavy (non-hydrogen) atoms. The Kier molecular flexibility index (Phi) is 7.69. The number of anilines is 4. The Hall–Kier alpha value is -3.07. The van der Waals surface area contributed by atoms with E-state index in [1.165, 1.54) is 5.69 Å². The Balaban J connectivity index is 1.26. The number of benzene rings is 2. The molecule has 0 atom stereocenters. The van der Waals surface area contributed by atoms with Gasteiger partial charge in [0, 0.05) is 60.2 Å². The number of hydrogen-bond donors (Lipinski definition) is 2. The predicted molar refractivity (Wildman–Crippen MR) is 151 cm³/mol. The maximum Gasteiger partial charge on any atom is 0.276 e. The Morgan fingerprint density at radius 1 is 1.05 bits per heavy atom. The molecule has 10 heteroatoms. The molecule has 8 nitrogen and oxygen atoms in total. The average molecular weight is 540 g/mol. The van der Waals surface area contributed by atoms with Crippen LogP contribution >= 0.6 is 23.2 Å². The summed E-state index contributed by atoms with van der Waals surface area (Å²) in [6.07, 6.45) is 2.30. The summed E-state index contributed by atoms with van der Waals surface area (Å²) in [6, 6.07) is 15.8. The van der Waals surface area contributed by atoms with Crippen molar-refractivity contribution in [1.82, 2.24) is 15.1 Å². The number of halogens is 2. The normalized spacial score (nSPS) is 15.9. The molecule has 2 N–H and O–H groups in total. The van der Waals surface area contributed by atoms with E-state index in [0.29, 0.717) is 35.0 Å². The van der Waals surface area contributed by atoms with Gasteiger partial charge in [-0.15, -0.1) is 10.2 Å². The van der Waals surface area contributed by atoms with E-state index < -0.39 is 0 Å². The van der Waals surface area contributed by atoms with Crippen LogP contribution in [0, 0.1) is 0 Å². The molecule has 3 aromatic rings. The molecule has 5 rings (SSSR count). The molecular formula is C27H31Cl2N7O. The number of nitrogens with zero attached hydrogens (tertiary/aromatic N) is 5. The van der Waals surface area contributed by atoms with Crippen molar-refractivity contribution in [3.8, 4) is 0 Å². The maximum atomic E-state index is 13.0. The van der Waals surface area contributed by atoms with Gasteiger partial charge in [-0.3, -0.25) is 4.79 Å². The number of piperidine rings is 1. The molecule has 0 spiro atoms. The highest BCUT2D eigenvalue weighted by Crippen LogP contribution is 2.31. The van der Waals surface area contributed by atoms with E-state index in [2.05, 4.69) is 61.8 Å². The molecular weight excluding hydrogens is 509 g/mol. The number of nitrogens with one attached hydrogen (secondary N) is 2. The third-order valence-corrected chi connectivity index (χ3v) is 7.68. The minimum Gasteiger partial charge on any atom is -0.371 e. The van der Waals surface area contributed by atoms with Crippen molar-refractivity contribution in [2.45, 2.75) is 25.4 Å². The van der Waals surface area contributed by atoms with Gasteiger partial charge in [0.1, 0.15) is 0 Å². The molecule has 1 aromatic heterocycles. The molecule has 1 saturated heterocycles. The molecule has 1 amide bonds. The largest absolute Gasteiger partial charge is 0.371 e. The third-order valence-electron chi connectivity index (χ3n) is 7.08. The number of hydrogen-bond acceptors (Lipinski definition) is 7. The van der Waals surface area contributed by atoms with Crippen LogP contribution in [0.25, 0.3) is 0 Å². The highest BCUT2D eigenvalue weighted by atomic mass is 35.5. The lowest BCUT2D eigenvalue weighted by atomic mass is 10.0. The van der Waals surface area contributed by atoms with E-state index in [-0.39, 0.29) is 11.6 Å². The Morgan fingerprint density at radius 2 is 1.81 bits per heavy atom. The molecule has 2 aromatic carbocycles. The zero-order valence-electron chi connectivity index (χ0n) is 21.0. The summed E-state index contributed by atoms with van der Waals surface area (Å²) >= 11 is 12.6. The van der Waals surface area contributed by atoms with Crippen molar-refractivity contribution in [3.05, 3.63) is 69.8 Å². The summed E-state index contributed by atoms with van der Waals surface area (Å²) in [5.74, 6) is 0.337. The molecule has 0 unspecified atom stereocenters. The predicted octanol–water partition coefficient (Wildman–Crippen LogP) is 5.00. The van der Waals surface area contributed by atoms with Crippen LogP contribution in [0.1, 0.15) is 28.9 Å². The number of fused-ring (bicyclic) bond motifs is 1. The molecule has 0 bridgehead atoms. The highest BCUT2D eigenvalue weighted by Gasteiger charge is 2.23. The van der Waals surface area contributed by atoms with Crippen molar-refractivity contribution in [2.24, 2.45) is 0 Å². The van der Waals surface area contributed by atoms with Crippen molar-refractivity contribution < 1.29 is 4.79 Å². The third kappa shape index (κ3) is 5.92. The van der Waals surface area contributed by atoms with Crippen LogP contribution < -0.4 is 20.4 Å². The first-order valence-corrected chi connectivity index (χ1v) is 13.3. The summed E-state index contributed by atoms with van der Waals surface area (Å²) < 4.78 is 0. The van der Waals surface area contributed by atoms with E-state index in [4.69, 9.17) is 23.2 Å². The Morgan fingerprint density at radius 3 is 2.54 bits per heavy atom. The summed E-state index contributed by atoms with van der Waals surface area (Å²) in [7, 11) is 4.29. The first-order valence-electron chi connectivity index (χ1n) is 12.5. The lowest BCUT2D eigenvalue weighted by molar-refractivity contribution is 0.102. The van der Waals surface area contributed by atoms with Gasteiger partial charge in [-0.25, -0.2) is 0 Å². The molecule has 0 aliphatic carbocycles. The van der Waals surface area contributed by atoms with E-state index in [0.717, 1.165) is 49.4 Å². The minimum absolute atomic E-state index is 0.250. The van der Waals surface area contributed by atoms with Gasteiger partial charge in [-0.05, 0) is 81.0 Å². The van der Waals surface area contributed by atoms with Crippen molar-refractivity contribution >= 4 is 52.0 Å². The Labute approximate surface area is 227 Å². The van der Waals surface area contributed by atoms with Gasteiger partial charge in [0.05, 0.1) is 5.69 Å². The van der Waals surface area contributed by atoms with E-state index in [1.54, 1.807) is 18.2 Å². The number of rotatable bonds is 6. The minimum atomic E-state index is -0.304. The topological polar surface area (TPSA) is 76.6 Å². The fourth-order valence-corrected chi connectivity index (χ4v) is 5.29.